The molecule has 0 aromatic heterocycles. The molecule has 0 bridgehead atoms. The predicted octanol–water partition coefficient (Wildman–Crippen LogP) is 4.19. The maximum Gasteiger partial charge on any atom is 0.159 e. The molecule has 1 aliphatic rings. The quantitative estimate of drug-likeness (QED) is 0.859. The van der Waals surface area contributed by atoms with Crippen molar-refractivity contribution in [1.29, 1.82) is 0 Å². The van der Waals surface area contributed by atoms with Gasteiger partial charge in [0.25, 0.3) is 0 Å². The third kappa shape index (κ3) is 3.16. The monoisotopic (exact) mass is 352 g/mol. The second-order valence-corrected chi connectivity index (χ2v) is 6.66. The molecule has 0 saturated heterocycles. The second kappa shape index (κ2) is 5.50. The summed E-state index contributed by atoms with van der Waals surface area (Å²) >= 11 is 3.45. The van der Waals surface area contributed by atoms with Crippen LogP contribution in [0, 0.1) is 11.6 Å². The molecule has 4 heteroatoms. The van der Waals surface area contributed by atoms with E-state index in [1.807, 2.05) is 12.1 Å². The van der Waals surface area contributed by atoms with Crippen molar-refractivity contribution in [1.82, 2.24) is 0 Å². The minimum atomic E-state index is -0.898. The Balaban J connectivity index is 1.82. The third-order valence-electron chi connectivity index (χ3n) is 4.06. The summed E-state index contributed by atoms with van der Waals surface area (Å²) < 4.78 is 27.3. The zero-order chi connectivity index (χ0) is 15.0. The van der Waals surface area contributed by atoms with Crippen molar-refractivity contribution < 1.29 is 13.9 Å². The molecule has 1 nitrogen and oxygen atoms in total. The molecule has 0 fully saturated rings. The molecule has 2 aromatic rings. The standard InChI is InChI=1S/C17H15BrF2O/c18-14-3-2-13-10-17(21,6-5-12(13)8-14)9-11-1-4-15(19)16(20)7-11/h1-4,7-8,21H,5-6,9-10H2. The number of aliphatic hydroxyl groups is 1. The zero-order valence-electron chi connectivity index (χ0n) is 11.4. The Hall–Kier alpha value is -1.26. The summed E-state index contributed by atoms with van der Waals surface area (Å²) in [5, 5.41) is 10.8. The highest BCUT2D eigenvalue weighted by Crippen LogP contribution is 2.33. The maximum absolute atomic E-state index is 13.3. The number of hydrogen-bond donors (Lipinski definition) is 1. The maximum atomic E-state index is 13.3. The molecule has 0 saturated carbocycles. The summed E-state index contributed by atoms with van der Waals surface area (Å²) in [5.74, 6) is -1.72. The lowest BCUT2D eigenvalue weighted by Gasteiger charge is -2.34. The minimum absolute atomic E-state index is 0.333. The lowest BCUT2D eigenvalue weighted by molar-refractivity contribution is 0.0266. The minimum Gasteiger partial charge on any atom is -0.389 e. The van der Waals surface area contributed by atoms with Crippen molar-refractivity contribution >= 4 is 15.9 Å². The fraction of sp³-hybridized carbons (Fsp3) is 0.294. The van der Waals surface area contributed by atoms with Gasteiger partial charge in [0.2, 0.25) is 0 Å². The van der Waals surface area contributed by atoms with Crippen molar-refractivity contribution in [3.63, 3.8) is 0 Å². The van der Waals surface area contributed by atoms with Gasteiger partial charge in [-0.05, 0) is 53.8 Å². The molecule has 0 spiro atoms. The van der Waals surface area contributed by atoms with Gasteiger partial charge in [-0.25, -0.2) is 8.78 Å². The predicted molar refractivity (Wildman–Crippen MR) is 81.2 cm³/mol. The molecule has 1 aliphatic carbocycles. The van der Waals surface area contributed by atoms with Gasteiger partial charge in [-0.3, -0.25) is 0 Å². The molecule has 0 aliphatic heterocycles. The van der Waals surface area contributed by atoms with E-state index in [0.717, 1.165) is 22.5 Å². The Kier molecular flexibility index (Phi) is 3.84. The van der Waals surface area contributed by atoms with Crippen molar-refractivity contribution in [3.8, 4) is 0 Å². The molecule has 2 aromatic carbocycles. The number of aryl methyl sites for hydroxylation is 1. The van der Waals surface area contributed by atoms with Crippen LogP contribution in [0.2, 0.25) is 0 Å². The highest BCUT2D eigenvalue weighted by molar-refractivity contribution is 9.10. The Morgan fingerprint density at radius 3 is 2.62 bits per heavy atom. The summed E-state index contributed by atoms with van der Waals surface area (Å²) in [6, 6.07) is 9.86. The molecule has 3 rings (SSSR count). The van der Waals surface area contributed by atoms with E-state index in [0.29, 0.717) is 24.8 Å². The van der Waals surface area contributed by atoms with E-state index < -0.39 is 17.2 Å². The Morgan fingerprint density at radius 2 is 1.86 bits per heavy atom. The summed E-state index contributed by atoms with van der Waals surface area (Å²) in [5.41, 5.74) is 2.08. The summed E-state index contributed by atoms with van der Waals surface area (Å²) in [6.45, 7) is 0. The van der Waals surface area contributed by atoms with Gasteiger partial charge in [-0.15, -0.1) is 0 Å². The van der Waals surface area contributed by atoms with Crippen LogP contribution in [-0.2, 0) is 19.3 Å². The normalized spacial score (nSPS) is 21.1. The summed E-state index contributed by atoms with van der Waals surface area (Å²) in [4.78, 5) is 0. The second-order valence-electron chi connectivity index (χ2n) is 5.74. The lowest BCUT2D eigenvalue weighted by Crippen LogP contribution is -2.38. The van der Waals surface area contributed by atoms with Crippen LogP contribution in [0.3, 0.4) is 0 Å². The van der Waals surface area contributed by atoms with Crippen LogP contribution in [-0.4, -0.2) is 10.7 Å². The van der Waals surface area contributed by atoms with Gasteiger partial charge in [0.05, 0.1) is 5.60 Å². The molecule has 0 heterocycles. The molecule has 0 amide bonds. The number of benzene rings is 2. The zero-order valence-corrected chi connectivity index (χ0v) is 13.0. The van der Waals surface area contributed by atoms with Crippen LogP contribution in [0.25, 0.3) is 0 Å². The van der Waals surface area contributed by atoms with Crippen LogP contribution in [0.1, 0.15) is 23.1 Å². The number of rotatable bonds is 2. The van der Waals surface area contributed by atoms with Gasteiger partial charge in [0, 0.05) is 17.3 Å². The van der Waals surface area contributed by atoms with Gasteiger partial charge in [-0.2, -0.15) is 0 Å². The first-order valence-corrected chi connectivity index (χ1v) is 7.68. The molecular weight excluding hydrogens is 338 g/mol. The first kappa shape index (κ1) is 14.7. The van der Waals surface area contributed by atoms with Crippen molar-refractivity contribution in [2.24, 2.45) is 0 Å². The van der Waals surface area contributed by atoms with E-state index in [-0.39, 0.29) is 0 Å². The first-order valence-electron chi connectivity index (χ1n) is 6.89. The molecule has 1 atom stereocenters. The highest BCUT2D eigenvalue weighted by Gasteiger charge is 2.32. The SMILES string of the molecule is OC1(Cc2ccc(F)c(F)c2)CCc2cc(Br)ccc2C1. The van der Waals surface area contributed by atoms with E-state index in [2.05, 4.69) is 22.0 Å². The Morgan fingerprint density at radius 1 is 1.05 bits per heavy atom. The van der Waals surface area contributed by atoms with Crippen LogP contribution in [0.4, 0.5) is 8.78 Å². The van der Waals surface area contributed by atoms with E-state index in [4.69, 9.17) is 0 Å². The fourth-order valence-electron chi connectivity index (χ4n) is 2.99. The molecule has 1 N–H and O–H groups in total. The lowest BCUT2D eigenvalue weighted by atomic mass is 9.77. The van der Waals surface area contributed by atoms with Gasteiger partial charge in [-0.1, -0.05) is 28.1 Å². The van der Waals surface area contributed by atoms with Crippen molar-refractivity contribution in [2.75, 3.05) is 0 Å². The summed E-state index contributed by atoms with van der Waals surface area (Å²) in [7, 11) is 0. The van der Waals surface area contributed by atoms with E-state index in [9.17, 15) is 13.9 Å². The van der Waals surface area contributed by atoms with Crippen molar-refractivity contribution in [3.05, 3.63) is 69.2 Å². The molecule has 21 heavy (non-hydrogen) atoms. The van der Waals surface area contributed by atoms with Crippen LogP contribution in [0.5, 0.6) is 0 Å². The first-order chi connectivity index (χ1) is 9.95. The van der Waals surface area contributed by atoms with Crippen LogP contribution >= 0.6 is 15.9 Å². The molecular formula is C17H15BrF2O. The number of halogens is 3. The smallest absolute Gasteiger partial charge is 0.159 e. The Labute approximate surface area is 130 Å². The largest absolute Gasteiger partial charge is 0.389 e. The van der Waals surface area contributed by atoms with Crippen molar-refractivity contribution in [2.45, 2.75) is 31.3 Å². The van der Waals surface area contributed by atoms with E-state index in [1.165, 1.54) is 17.7 Å². The highest BCUT2D eigenvalue weighted by atomic mass is 79.9. The van der Waals surface area contributed by atoms with Gasteiger partial charge < -0.3 is 5.11 Å². The summed E-state index contributed by atoms with van der Waals surface area (Å²) in [6.07, 6.45) is 2.28. The van der Waals surface area contributed by atoms with Gasteiger partial charge >= 0.3 is 0 Å². The topological polar surface area (TPSA) is 20.2 Å². The average molecular weight is 353 g/mol. The van der Waals surface area contributed by atoms with Gasteiger partial charge in [0.1, 0.15) is 0 Å². The van der Waals surface area contributed by atoms with Gasteiger partial charge in [0.15, 0.2) is 11.6 Å². The number of hydrogen-bond acceptors (Lipinski definition) is 1. The van der Waals surface area contributed by atoms with E-state index in [1.54, 1.807) is 0 Å². The molecule has 110 valence electrons. The molecule has 0 radical (unpaired) electrons. The van der Waals surface area contributed by atoms with Crippen LogP contribution < -0.4 is 0 Å². The van der Waals surface area contributed by atoms with E-state index >= 15 is 0 Å². The Bertz CT molecular complexity index is 686. The molecule has 1 unspecified atom stereocenters. The van der Waals surface area contributed by atoms with Crippen LogP contribution in [0.15, 0.2) is 40.9 Å². The third-order valence-corrected chi connectivity index (χ3v) is 4.56. The average Bonchev–Trinajstić information content (AvgIpc) is 2.43. The fourth-order valence-corrected chi connectivity index (χ4v) is 3.40. The number of fused-ring (bicyclic) bond motifs is 1.